The average molecular weight is 659 g/mol. The van der Waals surface area contributed by atoms with E-state index in [9.17, 15) is 24.2 Å². The molecule has 0 spiro atoms. The van der Waals surface area contributed by atoms with Crippen LogP contribution in [0.25, 0.3) is 5.52 Å². The van der Waals surface area contributed by atoms with E-state index in [2.05, 4.69) is 15.2 Å². The molecule has 0 saturated carbocycles. The van der Waals surface area contributed by atoms with Gasteiger partial charge in [-0.3, -0.25) is 18.9 Å². The van der Waals surface area contributed by atoms with Gasteiger partial charge < -0.3 is 29.2 Å². The van der Waals surface area contributed by atoms with Gasteiger partial charge in [-0.25, -0.2) is 14.1 Å². The number of nitrogen functional groups attached to an aromatic ring is 1. The third-order valence-electron chi connectivity index (χ3n) is 7.03. The molecular formula is C29H35N6O10P. The number of para-hydroxylation sites is 1. The van der Waals surface area contributed by atoms with Gasteiger partial charge in [0.1, 0.15) is 36.3 Å². The molecule has 246 valence electrons. The Labute approximate surface area is 264 Å². The second-order valence-electron chi connectivity index (χ2n) is 10.2. The van der Waals surface area contributed by atoms with Gasteiger partial charge in [0.15, 0.2) is 11.9 Å². The molecule has 0 bridgehead atoms. The predicted molar refractivity (Wildman–Crippen MR) is 160 cm³/mol. The maximum atomic E-state index is 14.2. The first kappa shape index (κ1) is 34.3. The molecule has 46 heavy (non-hydrogen) atoms. The van der Waals surface area contributed by atoms with E-state index in [0.717, 1.165) is 0 Å². The number of fused-ring (bicyclic) bond motifs is 1. The van der Waals surface area contributed by atoms with E-state index in [4.69, 9.17) is 33.7 Å². The molecule has 0 aliphatic carbocycles. The predicted octanol–water partition coefficient (Wildman–Crippen LogP) is 2.82. The molecule has 1 aromatic carbocycles. The zero-order valence-corrected chi connectivity index (χ0v) is 26.6. The van der Waals surface area contributed by atoms with Crippen LogP contribution < -0.4 is 15.3 Å². The summed E-state index contributed by atoms with van der Waals surface area (Å²) in [5.74, 6) is -1.99. The van der Waals surface area contributed by atoms with Crippen molar-refractivity contribution in [1.82, 2.24) is 19.7 Å². The monoisotopic (exact) mass is 658 g/mol. The van der Waals surface area contributed by atoms with Crippen LogP contribution in [0.5, 0.6) is 5.75 Å². The Bertz CT molecular complexity index is 1660. The Morgan fingerprint density at radius 2 is 1.89 bits per heavy atom. The van der Waals surface area contributed by atoms with Crippen molar-refractivity contribution in [3.63, 3.8) is 0 Å². The number of carbonyl (C=O) groups is 3. The number of carbonyl (C=O) groups excluding carboxylic acids is 3. The summed E-state index contributed by atoms with van der Waals surface area (Å²) >= 11 is 0. The van der Waals surface area contributed by atoms with Crippen molar-refractivity contribution in [3.05, 3.63) is 54.5 Å². The van der Waals surface area contributed by atoms with E-state index in [0.29, 0.717) is 5.52 Å². The van der Waals surface area contributed by atoms with E-state index in [1.165, 1.54) is 42.9 Å². The Hall–Kier alpha value is -4.55. The summed E-state index contributed by atoms with van der Waals surface area (Å²) in [6.45, 7) is 4.80. The normalized spacial score (nSPS) is 22.7. The van der Waals surface area contributed by atoms with Gasteiger partial charge in [-0.05, 0) is 38.1 Å². The fraction of sp³-hybridized carbons (Fsp3) is 0.448. The van der Waals surface area contributed by atoms with Gasteiger partial charge in [-0.1, -0.05) is 32.0 Å². The molecule has 0 radical (unpaired) electrons. The quantitative estimate of drug-likeness (QED) is 0.145. The van der Waals surface area contributed by atoms with Crippen LogP contribution in [0.1, 0.15) is 46.2 Å². The number of aromatic nitrogens is 3. The third kappa shape index (κ3) is 6.97. The van der Waals surface area contributed by atoms with Crippen molar-refractivity contribution in [2.24, 2.45) is 0 Å². The van der Waals surface area contributed by atoms with Crippen molar-refractivity contribution < 1.29 is 46.9 Å². The molecule has 1 saturated heterocycles. The minimum atomic E-state index is -4.50. The van der Waals surface area contributed by atoms with E-state index < -0.39 is 62.2 Å². The number of nitrogens with one attached hydrogen (secondary N) is 1. The highest BCUT2D eigenvalue weighted by Crippen LogP contribution is 2.50. The Balaban J connectivity index is 1.80. The van der Waals surface area contributed by atoms with Crippen molar-refractivity contribution in [2.45, 2.75) is 63.9 Å². The molecule has 5 atom stereocenters. The van der Waals surface area contributed by atoms with E-state index in [1.54, 1.807) is 38.1 Å². The number of nitrogens with zero attached hydrogens (tertiary/aromatic N) is 4. The molecular weight excluding hydrogens is 623 g/mol. The van der Waals surface area contributed by atoms with Gasteiger partial charge in [0, 0.05) is 12.8 Å². The number of hydrogen-bond donors (Lipinski definition) is 2. The lowest BCUT2D eigenvalue weighted by molar-refractivity contribution is -0.187. The molecule has 17 heteroatoms. The largest absolute Gasteiger partial charge is 0.465 e. The van der Waals surface area contributed by atoms with Crippen LogP contribution in [-0.4, -0.2) is 70.1 Å². The van der Waals surface area contributed by atoms with Gasteiger partial charge >= 0.3 is 25.7 Å². The number of hydrogen-bond acceptors (Lipinski definition) is 14. The van der Waals surface area contributed by atoms with Crippen molar-refractivity contribution in [3.8, 4) is 11.8 Å². The molecule has 3 aromatic rings. The smallest absolute Gasteiger partial charge is 0.459 e. The van der Waals surface area contributed by atoms with Crippen LogP contribution in [0.3, 0.4) is 0 Å². The molecule has 3 N–H and O–H groups in total. The highest BCUT2D eigenvalue weighted by Gasteiger charge is 2.67. The first-order chi connectivity index (χ1) is 22.0. The lowest BCUT2D eigenvalue weighted by Gasteiger charge is -2.36. The summed E-state index contributed by atoms with van der Waals surface area (Å²) in [4.78, 5) is 42.2. The van der Waals surface area contributed by atoms with Gasteiger partial charge in [0.05, 0.1) is 18.9 Å². The summed E-state index contributed by atoms with van der Waals surface area (Å²) < 4.78 is 49.8. The van der Waals surface area contributed by atoms with E-state index >= 15 is 0 Å². The number of benzene rings is 1. The van der Waals surface area contributed by atoms with Crippen LogP contribution in [0.2, 0.25) is 0 Å². The molecule has 2 aromatic heterocycles. The molecule has 1 aliphatic heterocycles. The highest BCUT2D eigenvalue weighted by atomic mass is 31.2. The first-order valence-corrected chi connectivity index (χ1v) is 16.0. The Kier molecular flexibility index (Phi) is 10.6. The average Bonchev–Trinajstić information content (AvgIpc) is 3.62. The fourth-order valence-electron chi connectivity index (χ4n) is 4.75. The Morgan fingerprint density at radius 3 is 2.54 bits per heavy atom. The first-order valence-electron chi connectivity index (χ1n) is 14.4. The molecule has 16 nitrogen and oxygen atoms in total. The van der Waals surface area contributed by atoms with Crippen molar-refractivity contribution >= 4 is 37.0 Å². The standard InChI is InChI=1S/C29H35N6O10P/c1-5-23(36)43-27-28(15-30,16-42-46(39,34-19(4)26(38)40-7-3)45-20-11-9-8-10-12-20)41-17-29(27,44-24(37)6-2)22-14-13-21-25(31)32-18-33-35(21)22/h8-14,18-19,27H,5-7,16-17H2,1-4H3,(H,34,39)(H2,31,32,33)/t19-,27+,28+,29?,46-/m0/s1. The Morgan fingerprint density at radius 1 is 1.17 bits per heavy atom. The minimum absolute atomic E-state index is 0.0645. The number of rotatable bonds is 14. The molecule has 1 fully saturated rings. The SMILES string of the molecule is CCOC(=O)[C@H](C)N[P@](=O)(OC[C@@]1(C#N)OCC(OC(=O)CC)(c2ccc3c(N)ncnn23)[C@@H]1OC(=O)CC)Oc1ccccc1. The van der Waals surface area contributed by atoms with Crippen LogP contribution in [0, 0.1) is 11.3 Å². The molecule has 1 aliphatic rings. The van der Waals surface area contributed by atoms with Crippen molar-refractivity contribution in [2.75, 3.05) is 25.6 Å². The lowest BCUT2D eigenvalue weighted by atomic mass is 9.85. The maximum absolute atomic E-state index is 14.2. The number of esters is 3. The van der Waals surface area contributed by atoms with Crippen LogP contribution in [-0.2, 0) is 48.0 Å². The van der Waals surface area contributed by atoms with Gasteiger partial charge in [-0.2, -0.15) is 15.4 Å². The lowest BCUT2D eigenvalue weighted by Crippen LogP contribution is -2.55. The number of nitriles is 1. The zero-order valence-electron chi connectivity index (χ0n) is 25.7. The summed E-state index contributed by atoms with van der Waals surface area (Å²) in [7, 11) is -4.50. The van der Waals surface area contributed by atoms with Crippen LogP contribution >= 0.6 is 7.75 Å². The second kappa shape index (κ2) is 14.3. The third-order valence-corrected chi connectivity index (χ3v) is 8.65. The molecule has 0 amide bonds. The highest BCUT2D eigenvalue weighted by molar-refractivity contribution is 7.52. The number of nitrogens with two attached hydrogens (primary N) is 1. The van der Waals surface area contributed by atoms with E-state index in [1.807, 2.05) is 6.07 Å². The maximum Gasteiger partial charge on any atom is 0.459 e. The van der Waals surface area contributed by atoms with Gasteiger partial charge in [-0.15, -0.1) is 0 Å². The number of anilines is 1. The van der Waals surface area contributed by atoms with E-state index in [-0.39, 0.29) is 36.7 Å². The van der Waals surface area contributed by atoms with Crippen LogP contribution in [0.15, 0.2) is 48.8 Å². The summed E-state index contributed by atoms with van der Waals surface area (Å²) in [5, 5.41) is 17.4. The van der Waals surface area contributed by atoms with Crippen LogP contribution in [0.4, 0.5) is 5.82 Å². The zero-order chi connectivity index (χ0) is 33.5. The summed E-state index contributed by atoms with van der Waals surface area (Å²) in [5.41, 5.74) is 2.35. The minimum Gasteiger partial charge on any atom is -0.465 e. The second-order valence-corrected chi connectivity index (χ2v) is 11.9. The summed E-state index contributed by atoms with van der Waals surface area (Å²) in [6.07, 6.45) is -0.703. The summed E-state index contributed by atoms with van der Waals surface area (Å²) in [6, 6.07) is 11.9. The fourth-order valence-corrected chi connectivity index (χ4v) is 6.27. The molecule has 4 rings (SSSR count). The van der Waals surface area contributed by atoms with Crippen molar-refractivity contribution in [1.29, 1.82) is 5.26 Å². The molecule has 1 unspecified atom stereocenters. The number of ether oxygens (including phenoxy) is 4. The van der Waals surface area contributed by atoms with Gasteiger partial charge in [0.2, 0.25) is 11.2 Å². The molecule has 3 heterocycles. The topological polar surface area (TPSA) is 216 Å². The van der Waals surface area contributed by atoms with Gasteiger partial charge in [0.25, 0.3) is 0 Å².